The number of hydrogen-bond donors (Lipinski definition) is 3. The minimum atomic E-state index is -0.605. The fraction of sp³-hybridized carbons (Fsp3) is 0.222. The van der Waals surface area contributed by atoms with E-state index in [1.165, 1.54) is 12.1 Å². The van der Waals surface area contributed by atoms with Gasteiger partial charge in [0.15, 0.2) is 0 Å². The van der Waals surface area contributed by atoms with Crippen LogP contribution in [0.25, 0.3) is 0 Å². The van der Waals surface area contributed by atoms with Crippen molar-refractivity contribution in [2.24, 2.45) is 5.73 Å². The summed E-state index contributed by atoms with van der Waals surface area (Å²) in [7, 11) is 0. The molecule has 2 amide bonds. The Labute approximate surface area is 140 Å². The first-order chi connectivity index (χ1) is 11.6. The van der Waals surface area contributed by atoms with Crippen LogP contribution in [0.2, 0.25) is 0 Å². The maximum Gasteiger partial charge on any atom is 0.239 e. The number of nitrogens with two attached hydrogens (primary N) is 1. The van der Waals surface area contributed by atoms with Crippen LogP contribution in [0.5, 0.6) is 0 Å². The first-order valence-corrected chi connectivity index (χ1v) is 7.65. The first-order valence-electron chi connectivity index (χ1n) is 7.65. The van der Waals surface area contributed by atoms with Gasteiger partial charge >= 0.3 is 0 Å². The Bertz CT molecular complexity index is 692. The lowest BCUT2D eigenvalue weighted by Gasteiger charge is -2.16. The van der Waals surface area contributed by atoms with E-state index in [0.29, 0.717) is 18.7 Å². The van der Waals surface area contributed by atoms with E-state index in [2.05, 4.69) is 10.6 Å². The molecule has 0 unspecified atom stereocenters. The summed E-state index contributed by atoms with van der Waals surface area (Å²) in [5.74, 6) is -1.06. The van der Waals surface area contributed by atoms with Gasteiger partial charge in [0.05, 0.1) is 6.42 Å². The molecule has 4 N–H and O–H groups in total. The molecule has 0 fully saturated rings. The Morgan fingerprint density at radius 1 is 1.04 bits per heavy atom. The summed E-state index contributed by atoms with van der Waals surface area (Å²) in [5.41, 5.74) is 6.79. The van der Waals surface area contributed by atoms with Crippen molar-refractivity contribution >= 4 is 11.8 Å². The lowest BCUT2D eigenvalue weighted by atomic mass is 10.1. The van der Waals surface area contributed by atoms with E-state index in [1.807, 2.05) is 30.3 Å². The molecule has 0 aliphatic heterocycles. The average molecular weight is 329 g/mol. The van der Waals surface area contributed by atoms with Gasteiger partial charge in [-0.25, -0.2) is 4.39 Å². The van der Waals surface area contributed by atoms with Crippen LogP contribution in [-0.2, 0) is 16.0 Å². The second kappa shape index (κ2) is 8.79. The quantitative estimate of drug-likeness (QED) is 0.638. The van der Waals surface area contributed by atoms with Gasteiger partial charge in [-0.15, -0.1) is 0 Å². The minimum absolute atomic E-state index is 0.107. The van der Waals surface area contributed by atoms with Gasteiger partial charge in [-0.2, -0.15) is 0 Å². The summed E-state index contributed by atoms with van der Waals surface area (Å²) in [4.78, 5) is 23.4. The summed E-state index contributed by atoms with van der Waals surface area (Å²) in [5, 5.41) is 5.73. The highest BCUT2D eigenvalue weighted by Crippen LogP contribution is 2.11. The third-order valence-electron chi connectivity index (χ3n) is 3.47. The van der Waals surface area contributed by atoms with Crippen molar-refractivity contribution in [2.75, 3.05) is 13.1 Å². The summed E-state index contributed by atoms with van der Waals surface area (Å²) in [6, 6.07) is 14.4. The van der Waals surface area contributed by atoms with Crippen LogP contribution < -0.4 is 16.4 Å². The monoisotopic (exact) mass is 329 g/mol. The number of nitrogens with one attached hydrogen (secondary N) is 2. The van der Waals surface area contributed by atoms with Gasteiger partial charge in [0.25, 0.3) is 0 Å². The Kier molecular flexibility index (Phi) is 6.45. The van der Waals surface area contributed by atoms with Gasteiger partial charge in [-0.3, -0.25) is 9.59 Å². The van der Waals surface area contributed by atoms with E-state index in [9.17, 15) is 14.0 Å². The largest absolute Gasteiger partial charge is 0.368 e. The SMILES string of the molecule is NC(=O)[C@@H](NCCNC(=O)Cc1cccc(F)c1)c1ccccc1. The van der Waals surface area contributed by atoms with Gasteiger partial charge < -0.3 is 16.4 Å². The van der Waals surface area contributed by atoms with Gasteiger partial charge in [0.2, 0.25) is 11.8 Å². The lowest BCUT2D eigenvalue weighted by Crippen LogP contribution is -2.39. The molecule has 0 saturated heterocycles. The molecule has 6 heteroatoms. The fourth-order valence-electron chi connectivity index (χ4n) is 2.34. The Morgan fingerprint density at radius 3 is 2.46 bits per heavy atom. The number of carbonyl (C=O) groups is 2. The molecule has 2 rings (SSSR count). The van der Waals surface area contributed by atoms with Crippen LogP contribution in [0.4, 0.5) is 4.39 Å². The minimum Gasteiger partial charge on any atom is -0.368 e. The highest BCUT2D eigenvalue weighted by molar-refractivity contribution is 5.81. The smallest absolute Gasteiger partial charge is 0.239 e. The van der Waals surface area contributed by atoms with E-state index in [1.54, 1.807) is 12.1 Å². The van der Waals surface area contributed by atoms with Crippen LogP contribution >= 0.6 is 0 Å². The van der Waals surface area contributed by atoms with Crippen molar-refractivity contribution in [3.05, 3.63) is 71.5 Å². The predicted molar refractivity (Wildman–Crippen MR) is 89.5 cm³/mol. The molecule has 0 heterocycles. The van der Waals surface area contributed by atoms with Crippen LogP contribution in [0.3, 0.4) is 0 Å². The molecule has 2 aromatic rings. The van der Waals surface area contributed by atoms with E-state index in [-0.39, 0.29) is 18.1 Å². The van der Waals surface area contributed by atoms with Crippen molar-refractivity contribution in [2.45, 2.75) is 12.5 Å². The predicted octanol–water partition coefficient (Wildman–Crippen LogP) is 1.30. The van der Waals surface area contributed by atoms with Crippen molar-refractivity contribution < 1.29 is 14.0 Å². The van der Waals surface area contributed by atoms with Gasteiger partial charge in [0.1, 0.15) is 11.9 Å². The number of hydrogen-bond acceptors (Lipinski definition) is 3. The lowest BCUT2D eigenvalue weighted by molar-refractivity contribution is -0.120. The summed E-state index contributed by atoms with van der Waals surface area (Å²) in [6.45, 7) is 0.724. The number of carbonyl (C=O) groups excluding carboxylic acids is 2. The Morgan fingerprint density at radius 2 is 1.79 bits per heavy atom. The molecular weight excluding hydrogens is 309 g/mol. The van der Waals surface area contributed by atoms with Crippen molar-refractivity contribution in [3.63, 3.8) is 0 Å². The zero-order valence-corrected chi connectivity index (χ0v) is 13.2. The summed E-state index contributed by atoms with van der Waals surface area (Å²) < 4.78 is 13.1. The second-order valence-electron chi connectivity index (χ2n) is 5.36. The molecule has 24 heavy (non-hydrogen) atoms. The van der Waals surface area contributed by atoms with E-state index in [4.69, 9.17) is 5.73 Å². The van der Waals surface area contributed by atoms with Gasteiger partial charge in [-0.05, 0) is 23.3 Å². The zero-order valence-electron chi connectivity index (χ0n) is 13.2. The number of halogens is 1. The molecule has 126 valence electrons. The molecule has 2 aromatic carbocycles. The van der Waals surface area contributed by atoms with Crippen molar-refractivity contribution in [1.29, 1.82) is 0 Å². The van der Waals surface area contributed by atoms with E-state index < -0.39 is 11.9 Å². The number of benzene rings is 2. The van der Waals surface area contributed by atoms with Crippen LogP contribution in [0.1, 0.15) is 17.2 Å². The molecule has 0 aromatic heterocycles. The molecule has 0 radical (unpaired) electrons. The molecule has 0 aliphatic rings. The highest BCUT2D eigenvalue weighted by atomic mass is 19.1. The summed E-state index contributed by atoms with van der Waals surface area (Å²) >= 11 is 0. The second-order valence-corrected chi connectivity index (χ2v) is 5.36. The number of primary amides is 1. The average Bonchev–Trinajstić information content (AvgIpc) is 2.55. The Hall–Kier alpha value is -2.73. The zero-order chi connectivity index (χ0) is 17.4. The molecule has 0 aliphatic carbocycles. The van der Waals surface area contributed by atoms with Crippen molar-refractivity contribution in [3.8, 4) is 0 Å². The van der Waals surface area contributed by atoms with E-state index in [0.717, 1.165) is 5.56 Å². The number of amides is 2. The third-order valence-corrected chi connectivity index (χ3v) is 3.47. The Balaban J connectivity index is 1.77. The molecule has 0 bridgehead atoms. The maximum atomic E-state index is 13.1. The third kappa shape index (κ3) is 5.48. The van der Waals surface area contributed by atoms with Crippen molar-refractivity contribution in [1.82, 2.24) is 10.6 Å². The first kappa shape index (κ1) is 17.6. The van der Waals surface area contributed by atoms with Crippen LogP contribution in [0, 0.1) is 5.82 Å². The normalized spacial score (nSPS) is 11.7. The fourth-order valence-corrected chi connectivity index (χ4v) is 2.34. The standard InChI is InChI=1S/C18H20FN3O2/c19-15-8-4-5-13(11-15)12-16(23)21-9-10-22-17(18(20)24)14-6-2-1-3-7-14/h1-8,11,17,22H,9-10,12H2,(H2,20,24)(H,21,23)/t17-/m0/s1. The van der Waals surface area contributed by atoms with Crippen LogP contribution in [-0.4, -0.2) is 24.9 Å². The van der Waals surface area contributed by atoms with Gasteiger partial charge in [-0.1, -0.05) is 42.5 Å². The molecule has 1 atom stereocenters. The van der Waals surface area contributed by atoms with E-state index >= 15 is 0 Å². The molecule has 5 nitrogen and oxygen atoms in total. The number of rotatable bonds is 8. The summed E-state index contributed by atoms with van der Waals surface area (Å²) in [6.07, 6.45) is 0.107. The maximum absolute atomic E-state index is 13.1. The molecule has 0 spiro atoms. The molecule has 0 saturated carbocycles. The van der Waals surface area contributed by atoms with Crippen LogP contribution in [0.15, 0.2) is 54.6 Å². The topological polar surface area (TPSA) is 84.2 Å². The van der Waals surface area contributed by atoms with Gasteiger partial charge in [0, 0.05) is 13.1 Å². The highest BCUT2D eigenvalue weighted by Gasteiger charge is 2.16. The molecular formula is C18H20FN3O2.